The second kappa shape index (κ2) is 9.94. The average molecular weight is 395 g/mol. The van der Waals surface area contributed by atoms with Gasteiger partial charge < -0.3 is 9.80 Å². The highest BCUT2D eigenvalue weighted by Gasteiger charge is 2.36. The molecule has 1 saturated carbocycles. The third-order valence-corrected chi connectivity index (χ3v) is 6.82. The molecule has 2 nitrogen and oxygen atoms in total. The predicted molar refractivity (Wildman–Crippen MR) is 118 cm³/mol. The molecule has 0 aromatic heterocycles. The zero-order valence-electron chi connectivity index (χ0n) is 16.8. The third-order valence-electron chi connectivity index (χ3n) is 5.64. The summed E-state index contributed by atoms with van der Waals surface area (Å²) in [6.45, 7) is 15.4. The second-order valence-corrected chi connectivity index (χ2v) is 9.69. The van der Waals surface area contributed by atoms with Crippen LogP contribution in [-0.4, -0.2) is 41.6 Å². The van der Waals surface area contributed by atoms with Gasteiger partial charge in [-0.25, -0.2) is 0 Å². The fourth-order valence-corrected chi connectivity index (χ4v) is 3.99. The van der Waals surface area contributed by atoms with Crippen molar-refractivity contribution in [2.45, 2.75) is 46.0 Å². The van der Waals surface area contributed by atoms with Crippen molar-refractivity contribution in [1.82, 2.24) is 9.80 Å². The molecule has 0 aliphatic heterocycles. The van der Waals surface area contributed by atoms with E-state index in [0.717, 1.165) is 54.0 Å². The van der Waals surface area contributed by atoms with Gasteiger partial charge in [0, 0.05) is 25.2 Å². The van der Waals surface area contributed by atoms with E-state index in [4.69, 9.17) is 11.6 Å². The summed E-state index contributed by atoms with van der Waals surface area (Å²) in [5, 5.41) is 0.860. The molecule has 2 aliphatic carbocycles. The molecule has 0 N–H and O–H groups in total. The Morgan fingerprint density at radius 1 is 1.35 bits per heavy atom. The quantitative estimate of drug-likeness (QED) is 0.302. The second-order valence-electron chi connectivity index (χ2n) is 8.01. The topological polar surface area (TPSA) is 6.48 Å². The van der Waals surface area contributed by atoms with E-state index >= 15 is 0 Å². The summed E-state index contributed by atoms with van der Waals surface area (Å²) < 4.78 is 0. The lowest BCUT2D eigenvalue weighted by Crippen LogP contribution is -2.33. The van der Waals surface area contributed by atoms with Crippen LogP contribution in [0.5, 0.6) is 0 Å². The summed E-state index contributed by atoms with van der Waals surface area (Å²) in [5.41, 5.74) is 2.69. The first-order valence-corrected chi connectivity index (χ1v) is 11.3. The van der Waals surface area contributed by atoms with Crippen LogP contribution in [0.2, 0.25) is 0 Å². The zero-order chi connectivity index (χ0) is 19.2. The molecule has 0 bridgehead atoms. The molecule has 0 saturated heterocycles. The molecule has 26 heavy (non-hydrogen) atoms. The smallest absolute Gasteiger partial charge is 0.0640 e. The van der Waals surface area contributed by atoms with Crippen molar-refractivity contribution in [1.29, 1.82) is 0 Å². The molecule has 0 heterocycles. The maximum absolute atomic E-state index is 6.16. The van der Waals surface area contributed by atoms with Gasteiger partial charge in [-0.2, -0.15) is 0 Å². The van der Waals surface area contributed by atoms with Crippen LogP contribution in [-0.2, 0) is 0 Å². The Morgan fingerprint density at radius 3 is 2.73 bits per heavy atom. The van der Waals surface area contributed by atoms with Crippen LogP contribution >= 0.6 is 23.4 Å². The Kier molecular flexibility index (Phi) is 8.22. The minimum atomic E-state index is 0.500. The number of hydrogen-bond donors (Lipinski definition) is 0. The fraction of sp³-hybridized carbons (Fsp3) is 0.636. The van der Waals surface area contributed by atoms with E-state index < -0.39 is 0 Å². The van der Waals surface area contributed by atoms with Gasteiger partial charge in [-0.3, -0.25) is 0 Å². The number of thioether (sulfide) groups is 1. The molecule has 2 rings (SSSR count). The maximum Gasteiger partial charge on any atom is 0.0640 e. The summed E-state index contributed by atoms with van der Waals surface area (Å²) in [4.78, 5) is 4.69. The number of hydrogen-bond acceptors (Lipinski definition) is 3. The monoisotopic (exact) mass is 394 g/mol. The van der Waals surface area contributed by atoms with Crippen molar-refractivity contribution in [2.24, 2.45) is 11.3 Å². The molecule has 1 unspecified atom stereocenters. The molecule has 0 radical (unpaired) electrons. The SMILES string of the molecule is C=C(C(=C)N(CSCC)CC1C=CC(Cl)=CCC1)N(C)CCC1(C)CC1. The molecule has 0 amide bonds. The molecule has 0 spiro atoms. The molecular formula is C22H35ClN2S. The van der Waals surface area contributed by atoms with Crippen LogP contribution in [0.3, 0.4) is 0 Å². The van der Waals surface area contributed by atoms with Crippen LogP contribution in [0.4, 0.5) is 0 Å². The van der Waals surface area contributed by atoms with Gasteiger partial charge in [0.2, 0.25) is 0 Å². The largest absolute Gasteiger partial charge is 0.373 e. The number of halogens is 1. The first-order valence-electron chi connectivity index (χ1n) is 9.80. The number of nitrogens with zero attached hydrogens (tertiary/aromatic N) is 2. The minimum Gasteiger partial charge on any atom is -0.373 e. The molecule has 1 fully saturated rings. The highest BCUT2D eigenvalue weighted by atomic mass is 35.5. The van der Waals surface area contributed by atoms with Gasteiger partial charge >= 0.3 is 0 Å². The van der Waals surface area contributed by atoms with E-state index in [9.17, 15) is 0 Å². The van der Waals surface area contributed by atoms with Gasteiger partial charge in [-0.1, -0.05) is 50.8 Å². The summed E-state index contributed by atoms with van der Waals surface area (Å²) in [6.07, 6.45) is 12.6. The Balaban J connectivity index is 1.93. The van der Waals surface area contributed by atoms with Crippen LogP contribution in [0.1, 0.15) is 46.0 Å². The van der Waals surface area contributed by atoms with Gasteiger partial charge in [0.1, 0.15) is 0 Å². The Bertz CT molecular complexity index is 562. The lowest BCUT2D eigenvalue weighted by Gasteiger charge is -2.34. The highest BCUT2D eigenvalue weighted by Crippen LogP contribution is 2.48. The van der Waals surface area contributed by atoms with Gasteiger partial charge in [0.25, 0.3) is 0 Å². The molecule has 146 valence electrons. The minimum absolute atomic E-state index is 0.500. The standard InChI is InChI=1S/C22H35ClN2S/c1-6-26-17-25(16-20-8-7-9-21(23)11-10-20)19(3)18(2)24(5)15-14-22(4)12-13-22/h9-11,20H,2-3,6-8,12-17H2,1,4-5H3. The molecular weight excluding hydrogens is 360 g/mol. The van der Waals surface area contributed by atoms with Gasteiger partial charge in [-0.15, -0.1) is 11.8 Å². The molecule has 4 heteroatoms. The van der Waals surface area contributed by atoms with Gasteiger partial charge in [0.05, 0.1) is 17.3 Å². The van der Waals surface area contributed by atoms with Crippen LogP contribution < -0.4 is 0 Å². The van der Waals surface area contributed by atoms with Crippen molar-refractivity contribution in [2.75, 3.05) is 31.8 Å². The average Bonchev–Trinajstić information content (AvgIpc) is 3.39. The van der Waals surface area contributed by atoms with Crippen molar-refractivity contribution < 1.29 is 0 Å². The van der Waals surface area contributed by atoms with E-state index in [0.29, 0.717) is 11.3 Å². The zero-order valence-corrected chi connectivity index (χ0v) is 18.3. The van der Waals surface area contributed by atoms with Crippen LogP contribution in [0, 0.1) is 11.3 Å². The Hall–Kier alpha value is -0.800. The fourth-order valence-electron chi connectivity index (χ4n) is 3.14. The van der Waals surface area contributed by atoms with Crippen molar-refractivity contribution in [3.63, 3.8) is 0 Å². The van der Waals surface area contributed by atoms with Crippen molar-refractivity contribution >= 4 is 23.4 Å². The molecule has 0 aromatic rings. The van der Waals surface area contributed by atoms with Gasteiger partial charge in [0.15, 0.2) is 0 Å². The van der Waals surface area contributed by atoms with Crippen LogP contribution in [0.15, 0.2) is 47.8 Å². The Labute approximate surface area is 170 Å². The number of likely N-dealkylation sites (N-methyl/N-ethyl adjacent to an activating group) is 1. The van der Waals surface area contributed by atoms with Gasteiger partial charge in [-0.05, 0) is 55.3 Å². The lowest BCUT2D eigenvalue weighted by atomic mass is 10.0. The summed E-state index contributed by atoms with van der Waals surface area (Å²) in [6, 6.07) is 0. The number of rotatable bonds is 11. The lowest BCUT2D eigenvalue weighted by molar-refractivity contribution is 0.310. The third kappa shape index (κ3) is 6.74. The normalized spacial score (nSPS) is 20.9. The molecule has 0 aromatic carbocycles. The van der Waals surface area contributed by atoms with E-state index in [1.807, 2.05) is 17.8 Å². The van der Waals surface area contributed by atoms with E-state index in [1.165, 1.54) is 19.3 Å². The molecule has 1 atom stereocenters. The van der Waals surface area contributed by atoms with Crippen LogP contribution in [0.25, 0.3) is 0 Å². The van der Waals surface area contributed by atoms with E-state index in [2.05, 4.69) is 56.0 Å². The van der Waals surface area contributed by atoms with Crippen molar-refractivity contribution in [3.05, 3.63) is 47.8 Å². The highest BCUT2D eigenvalue weighted by molar-refractivity contribution is 7.99. The predicted octanol–water partition coefficient (Wildman–Crippen LogP) is 6.24. The van der Waals surface area contributed by atoms with Crippen molar-refractivity contribution in [3.8, 4) is 0 Å². The Morgan fingerprint density at radius 2 is 2.08 bits per heavy atom. The van der Waals surface area contributed by atoms with E-state index in [1.54, 1.807) is 0 Å². The van der Waals surface area contributed by atoms with E-state index in [-0.39, 0.29) is 0 Å². The summed E-state index contributed by atoms with van der Waals surface area (Å²) in [5.74, 6) is 2.57. The molecule has 2 aliphatic rings. The summed E-state index contributed by atoms with van der Waals surface area (Å²) >= 11 is 8.09. The first kappa shape index (κ1) is 21.5. The summed E-state index contributed by atoms with van der Waals surface area (Å²) in [7, 11) is 2.15. The number of allylic oxidation sites excluding steroid dienone is 3. The maximum atomic E-state index is 6.16. The first-order chi connectivity index (χ1) is 12.3.